The van der Waals surface area contributed by atoms with E-state index >= 15 is 0 Å². The predicted octanol–water partition coefficient (Wildman–Crippen LogP) is 3.93. The second kappa shape index (κ2) is 5.92. The van der Waals surface area contributed by atoms with E-state index in [-0.39, 0.29) is 0 Å². The summed E-state index contributed by atoms with van der Waals surface area (Å²) in [5.74, 6) is 1.23. The van der Waals surface area contributed by atoms with Gasteiger partial charge in [-0.3, -0.25) is 4.98 Å². The first-order chi connectivity index (χ1) is 7.78. The maximum atomic E-state index is 4.17. The molecule has 1 heterocycles. The van der Waals surface area contributed by atoms with Crippen LogP contribution in [0.2, 0.25) is 0 Å². The molecule has 2 rings (SSSR count). The molecule has 0 saturated heterocycles. The number of nitrogens with one attached hydrogen (secondary N) is 1. The summed E-state index contributed by atoms with van der Waals surface area (Å²) in [7, 11) is 0. The summed E-state index contributed by atoms with van der Waals surface area (Å²) in [6.07, 6.45) is 7.62. The topological polar surface area (TPSA) is 24.9 Å². The van der Waals surface area contributed by atoms with Gasteiger partial charge in [-0.1, -0.05) is 6.92 Å². The van der Waals surface area contributed by atoms with Crippen LogP contribution in [0.3, 0.4) is 0 Å². The SMILES string of the molecule is CCSC1CCC(Nc2cncc(Br)c2)C1. The lowest BCUT2D eigenvalue weighted by atomic mass is 10.2. The molecule has 2 unspecified atom stereocenters. The van der Waals surface area contributed by atoms with Crippen molar-refractivity contribution in [1.82, 2.24) is 4.98 Å². The number of aromatic nitrogens is 1. The minimum absolute atomic E-state index is 0.625. The van der Waals surface area contributed by atoms with Crippen molar-refractivity contribution in [2.24, 2.45) is 0 Å². The largest absolute Gasteiger partial charge is 0.381 e. The lowest BCUT2D eigenvalue weighted by molar-refractivity contribution is 0.756. The average Bonchev–Trinajstić information content (AvgIpc) is 2.66. The molecule has 88 valence electrons. The number of hydrogen-bond donors (Lipinski definition) is 1. The van der Waals surface area contributed by atoms with Gasteiger partial charge in [0.05, 0.1) is 11.9 Å². The summed E-state index contributed by atoms with van der Waals surface area (Å²) < 4.78 is 1.04. The Hall–Kier alpha value is -0.220. The zero-order valence-electron chi connectivity index (χ0n) is 9.45. The number of halogens is 1. The normalized spacial score (nSPS) is 24.6. The summed E-state index contributed by atoms with van der Waals surface area (Å²) in [6.45, 7) is 2.24. The monoisotopic (exact) mass is 300 g/mol. The predicted molar refractivity (Wildman–Crippen MR) is 75.1 cm³/mol. The van der Waals surface area contributed by atoms with Crippen molar-refractivity contribution in [2.45, 2.75) is 37.5 Å². The molecule has 1 fully saturated rings. The molecule has 0 aromatic carbocycles. The molecular weight excluding hydrogens is 284 g/mol. The lowest BCUT2D eigenvalue weighted by Gasteiger charge is -2.14. The zero-order chi connectivity index (χ0) is 11.4. The van der Waals surface area contributed by atoms with Gasteiger partial charge in [0, 0.05) is 22.0 Å². The third-order valence-corrected chi connectivity index (χ3v) is 4.53. The maximum Gasteiger partial charge on any atom is 0.0540 e. The van der Waals surface area contributed by atoms with Crippen LogP contribution in [0.5, 0.6) is 0 Å². The molecule has 0 bridgehead atoms. The molecule has 0 spiro atoms. The van der Waals surface area contributed by atoms with Gasteiger partial charge in [0.2, 0.25) is 0 Å². The Balaban J connectivity index is 1.87. The Morgan fingerprint density at radius 1 is 1.50 bits per heavy atom. The number of thioether (sulfide) groups is 1. The fraction of sp³-hybridized carbons (Fsp3) is 0.583. The fourth-order valence-electron chi connectivity index (χ4n) is 2.18. The molecule has 0 radical (unpaired) electrons. The lowest BCUT2D eigenvalue weighted by Crippen LogP contribution is -2.16. The van der Waals surface area contributed by atoms with Crippen molar-refractivity contribution in [3.05, 3.63) is 22.9 Å². The second-order valence-electron chi connectivity index (χ2n) is 4.12. The van der Waals surface area contributed by atoms with Gasteiger partial charge in [-0.15, -0.1) is 0 Å². The van der Waals surface area contributed by atoms with Crippen LogP contribution in [0.1, 0.15) is 26.2 Å². The van der Waals surface area contributed by atoms with Crippen molar-refractivity contribution in [2.75, 3.05) is 11.1 Å². The molecule has 1 aliphatic rings. The first-order valence-corrected chi connectivity index (χ1v) is 7.60. The molecule has 16 heavy (non-hydrogen) atoms. The molecule has 1 N–H and O–H groups in total. The van der Waals surface area contributed by atoms with Crippen LogP contribution in [-0.2, 0) is 0 Å². The van der Waals surface area contributed by atoms with E-state index in [0.29, 0.717) is 6.04 Å². The summed E-state index contributed by atoms with van der Waals surface area (Å²) >= 11 is 5.53. The van der Waals surface area contributed by atoms with Crippen LogP contribution in [0.15, 0.2) is 22.9 Å². The summed E-state index contributed by atoms with van der Waals surface area (Å²) in [6, 6.07) is 2.72. The molecule has 1 aliphatic carbocycles. The Labute approximate surface area is 110 Å². The van der Waals surface area contributed by atoms with Crippen LogP contribution in [0, 0.1) is 0 Å². The summed E-state index contributed by atoms with van der Waals surface area (Å²) in [5, 5.41) is 4.41. The van der Waals surface area contributed by atoms with Crippen LogP contribution in [0.4, 0.5) is 5.69 Å². The van der Waals surface area contributed by atoms with Gasteiger partial charge in [-0.25, -0.2) is 0 Å². The van der Waals surface area contributed by atoms with E-state index in [9.17, 15) is 0 Å². The molecule has 2 atom stereocenters. The molecule has 1 aromatic rings. The van der Waals surface area contributed by atoms with Crippen molar-refractivity contribution >= 4 is 33.4 Å². The third kappa shape index (κ3) is 3.39. The van der Waals surface area contributed by atoms with E-state index in [1.165, 1.54) is 25.0 Å². The van der Waals surface area contributed by atoms with Crippen LogP contribution < -0.4 is 5.32 Å². The molecule has 0 aliphatic heterocycles. The summed E-state index contributed by atoms with van der Waals surface area (Å²) in [4.78, 5) is 4.17. The highest BCUT2D eigenvalue weighted by Gasteiger charge is 2.24. The van der Waals surface area contributed by atoms with Gasteiger partial charge < -0.3 is 5.32 Å². The highest BCUT2D eigenvalue weighted by molar-refractivity contribution is 9.10. The second-order valence-corrected chi connectivity index (χ2v) is 6.62. The van der Waals surface area contributed by atoms with E-state index in [4.69, 9.17) is 0 Å². The Kier molecular flexibility index (Phi) is 4.53. The van der Waals surface area contributed by atoms with E-state index in [1.54, 1.807) is 0 Å². The quantitative estimate of drug-likeness (QED) is 0.912. The van der Waals surface area contributed by atoms with Crippen molar-refractivity contribution < 1.29 is 0 Å². The smallest absolute Gasteiger partial charge is 0.0540 e. The van der Waals surface area contributed by atoms with Gasteiger partial charge in [0.15, 0.2) is 0 Å². The summed E-state index contributed by atoms with van der Waals surface area (Å²) in [5.41, 5.74) is 1.13. The minimum atomic E-state index is 0.625. The number of rotatable bonds is 4. The van der Waals surface area contributed by atoms with Gasteiger partial charge in [-0.05, 0) is 47.0 Å². The number of pyridine rings is 1. The van der Waals surface area contributed by atoms with E-state index < -0.39 is 0 Å². The standard InChI is InChI=1S/C12H17BrN2S/c1-2-16-12-4-3-10(6-12)15-11-5-9(13)7-14-8-11/h5,7-8,10,12,15H,2-4,6H2,1H3. The van der Waals surface area contributed by atoms with Crippen molar-refractivity contribution in [1.29, 1.82) is 0 Å². The Morgan fingerprint density at radius 2 is 2.38 bits per heavy atom. The maximum absolute atomic E-state index is 4.17. The average molecular weight is 301 g/mol. The number of anilines is 1. The molecule has 0 amide bonds. The third-order valence-electron chi connectivity index (χ3n) is 2.86. The van der Waals surface area contributed by atoms with Crippen molar-refractivity contribution in [3.63, 3.8) is 0 Å². The highest BCUT2D eigenvalue weighted by atomic mass is 79.9. The van der Waals surface area contributed by atoms with E-state index in [0.717, 1.165) is 15.4 Å². The highest BCUT2D eigenvalue weighted by Crippen LogP contribution is 2.31. The first-order valence-electron chi connectivity index (χ1n) is 5.76. The van der Waals surface area contributed by atoms with Crippen molar-refractivity contribution in [3.8, 4) is 0 Å². The van der Waals surface area contributed by atoms with Gasteiger partial charge in [0.1, 0.15) is 0 Å². The molecule has 1 saturated carbocycles. The fourth-order valence-corrected chi connectivity index (χ4v) is 3.69. The van der Waals surface area contributed by atoms with E-state index in [1.807, 2.05) is 12.4 Å². The molecule has 4 heteroatoms. The Bertz CT molecular complexity index is 346. The molecular formula is C12H17BrN2S. The van der Waals surface area contributed by atoms with Crippen LogP contribution in [-0.4, -0.2) is 22.0 Å². The number of hydrogen-bond acceptors (Lipinski definition) is 3. The van der Waals surface area contributed by atoms with Crippen LogP contribution in [0.25, 0.3) is 0 Å². The zero-order valence-corrected chi connectivity index (χ0v) is 11.9. The Morgan fingerprint density at radius 3 is 3.12 bits per heavy atom. The van der Waals surface area contributed by atoms with Gasteiger partial charge in [-0.2, -0.15) is 11.8 Å². The van der Waals surface area contributed by atoms with Gasteiger partial charge >= 0.3 is 0 Å². The van der Waals surface area contributed by atoms with Gasteiger partial charge in [0.25, 0.3) is 0 Å². The molecule has 2 nitrogen and oxygen atoms in total. The molecule has 1 aromatic heterocycles. The van der Waals surface area contributed by atoms with E-state index in [2.05, 4.69) is 51.0 Å². The first kappa shape index (κ1) is 12.2. The minimum Gasteiger partial charge on any atom is -0.381 e. The number of nitrogens with zero attached hydrogens (tertiary/aromatic N) is 1. The van der Waals surface area contributed by atoms with Crippen LogP contribution >= 0.6 is 27.7 Å².